The predicted octanol–water partition coefficient (Wildman–Crippen LogP) is 4.08. The van der Waals surface area contributed by atoms with Crippen LogP contribution in [-0.2, 0) is 7.05 Å². The second-order valence-electron chi connectivity index (χ2n) is 5.48. The van der Waals surface area contributed by atoms with E-state index in [0.29, 0.717) is 27.8 Å². The highest BCUT2D eigenvalue weighted by Crippen LogP contribution is 2.24. The number of rotatable bonds is 4. The Balaban J connectivity index is 1.76. The smallest absolute Gasteiger partial charge is 0.410 e. The van der Waals surface area contributed by atoms with Gasteiger partial charge in [0, 0.05) is 24.4 Å². The fourth-order valence-electron chi connectivity index (χ4n) is 2.40. The van der Waals surface area contributed by atoms with Crippen LogP contribution in [0.15, 0.2) is 54.6 Å². The fourth-order valence-corrected chi connectivity index (χ4v) is 2.62. The summed E-state index contributed by atoms with van der Waals surface area (Å²) in [5, 5.41) is 18.5. The van der Waals surface area contributed by atoms with E-state index in [0.717, 1.165) is 5.56 Å². The van der Waals surface area contributed by atoms with Crippen molar-refractivity contribution in [3.63, 3.8) is 0 Å². The third kappa shape index (κ3) is 3.84. The molecule has 0 bridgehead atoms. The van der Waals surface area contributed by atoms with E-state index in [1.165, 1.54) is 4.68 Å². The van der Waals surface area contributed by atoms with E-state index < -0.39 is 6.09 Å². The molecule has 2 aromatic carbocycles. The summed E-state index contributed by atoms with van der Waals surface area (Å²) in [4.78, 5) is 23.0. The number of hydrogen-bond acceptors (Lipinski definition) is 3. The Hall–Kier alpha value is -3.32. The van der Waals surface area contributed by atoms with Gasteiger partial charge in [0.2, 0.25) is 0 Å². The maximum atomic E-state index is 12.3. The van der Waals surface area contributed by atoms with E-state index in [1.54, 1.807) is 61.6 Å². The Labute approximate surface area is 154 Å². The van der Waals surface area contributed by atoms with Gasteiger partial charge in [0.05, 0.1) is 16.3 Å². The topological polar surface area (TPSA) is 96.3 Å². The minimum Gasteiger partial charge on any atom is -0.465 e. The van der Waals surface area contributed by atoms with Crippen LogP contribution in [0.4, 0.5) is 16.3 Å². The van der Waals surface area contributed by atoms with Crippen molar-refractivity contribution in [2.75, 3.05) is 10.6 Å². The van der Waals surface area contributed by atoms with Gasteiger partial charge in [-0.05, 0) is 24.3 Å². The van der Waals surface area contributed by atoms with Gasteiger partial charge in [0.15, 0.2) is 0 Å². The van der Waals surface area contributed by atoms with Crippen molar-refractivity contribution in [1.29, 1.82) is 0 Å². The van der Waals surface area contributed by atoms with Gasteiger partial charge in [-0.3, -0.25) is 14.8 Å². The molecule has 3 aromatic rings. The molecule has 0 spiro atoms. The normalized spacial score (nSPS) is 10.4. The summed E-state index contributed by atoms with van der Waals surface area (Å²) in [6.07, 6.45) is -1.16. The number of anilines is 2. The molecule has 0 atom stereocenters. The lowest BCUT2D eigenvalue weighted by Crippen LogP contribution is -2.12. The minimum absolute atomic E-state index is 0.297. The van der Waals surface area contributed by atoms with Gasteiger partial charge < -0.3 is 10.4 Å². The third-order valence-corrected chi connectivity index (χ3v) is 4.00. The van der Waals surface area contributed by atoms with Crippen molar-refractivity contribution in [3.8, 4) is 11.3 Å². The summed E-state index contributed by atoms with van der Waals surface area (Å²) < 4.78 is 1.44. The average Bonchev–Trinajstić information content (AvgIpc) is 2.96. The predicted molar refractivity (Wildman–Crippen MR) is 99.7 cm³/mol. The van der Waals surface area contributed by atoms with Gasteiger partial charge >= 0.3 is 6.09 Å². The molecule has 0 fully saturated rings. The van der Waals surface area contributed by atoms with Crippen LogP contribution >= 0.6 is 11.6 Å². The Bertz CT molecular complexity index is 967. The average molecular weight is 371 g/mol. The van der Waals surface area contributed by atoms with E-state index in [2.05, 4.69) is 15.7 Å². The van der Waals surface area contributed by atoms with Gasteiger partial charge in [-0.2, -0.15) is 5.10 Å². The highest BCUT2D eigenvalue weighted by Gasteiger charge is 2.11. The van der Waals surface area contributed by atoms with E-state index in [9.17, 15) is 9.59 Å². The molecule has 0 aliphatic carbocycles. The first kappa shape index (κ1) is 17.5. The number of amides is 2. The molecule has 8 heteroatoms. The summed E-state index contributed by atoms with van der Waals surface area (Å²) in [7, 11) is 1.65. The zero-order valence-electron chi connectivity index (χ0n) is 13.7. The zero-order chi connectivity index (χ0) is 18.7. The maximum absolute atomic E-state index is 12.3. The molecule has 2 amide bonds. The second kappa shape index (κ2) is 7.28. The van der Waals surface area contributed by atoms with Crippen LogP contribution in [-0.4, -0.2) is 26.9 Å². The third-order valence-electron chi connectivity index (χ3n) is 3.67. The van der Waals surface area contributed by atoms with E-state index in [1.807, 2.05) is 0 Å². The van der Waals surface area contributed by atoms with Crippen molar-refractivity contribution < 1.29 is 14.7 Å². The lowest BCUT2D eigenvalue weighted by molar-refractivity contribution is 0.102. The number of halogens is 1. The van der Waals surface area contributed by atoms with Crippen molar-refractivity contribution in [2.45, 2.75) is 0 Å². The summed E-state index contributed by atoms with van der Waals surface area (Å²) in [5.74, 6) is 0.0673. The summed E-state index contributed by atoms with van der Waals surface area (Å²) in [5.41, 5.74) is 2.40. The van der Waals surface area contributed by atoms with E-state index in [-0.39, 0.29) is 5.91 Å². The quantitative estimate of drug-likeness (QED) is 0.644. The fraction of sp³-hybridized carbons (Fsp3) is 0.0556. The van der Waals surface area contributed by atoms with Gasteiger partial charge in [-0.1, -0.05) is 35.9 Å². The summed E-state index contributed by atoms with van der Waals surface area (Å²) in [6, 6.07) is 15.5. The number of carbonyl (C=O) groups is 2. The Morgan fingerprint density at radius 2 is 1.77 bits per heavy atom. The maximum Gasteiger partial charge on any atom is 0.410 e. The number of benzene rings is 2. The molecule has 0 unspecified atom stereocenters. The molecule has 0 saturated heterocycles. The lowest BCUT2D eigenvalue weighted by atomic mass is 10.1. The Kier molecular flexibility index (Phi) is 4.90. The lowest BCUT2D eigenvalue weighted by Gasteiger charge is -2.07. The van der Waals surface area contributed by atoms with Crippen LogP contribution in [0.5, 0.6) is 0 Å². The number of aromatic nitrogens is 2. The first-order chi connectivity index (χ1) is 12.4. The molecule has 0 aliphatic heterocycles. The molecule has 0 saturated carbocycles. The molecule has 0 radical (unpaired) electrons. The van der Waals surface area contributed by atoms with Crippen LogP contribution in [0.3, 0.4) is 0 Å². The van der Waals surface area contributed by atoms with Gasteiger partial charge in [-0.15, -0.1) is 0 Å². The van der Waals surface area contributed by atoms with Crippen molar-refractivity contribution >= 4 is 35.1 Å². The highest BCUT2D eigenvalue weighted by molar-refractivity contribution is 6.34. The second-order valence-corrected chi connectivity index (χ2v) is 5.89. The molecule has 7 nitrogen and oxygen atoms in total. The molecule has 26 heavy (non-hydrogen) atoms. The van der Waals surface area contributed by atoms with E-state index in [4.69, 9.17) is 16.7 Å². The van der Waals surface area contributed by atoms with Crippen LogP contribution < -0.4 is 10.6 Å². The summed E-state index contributed by atoms with van der Waals surface area (Å²) >= 11 is 6.02. The highest BCUT2D eigenvalue weighted by atomic mass is 35.5. The first-order valence-electron chi connectivity index (χ1n) is 7.64. The van der Waals surface area contributed by atoms with Crippen molar-refractivity contribution in [3.05, 3.63) is 65.2 Å². The molecule has 3 N–H and O–H groups in total. The van der Waals surface area contributed by atoms with Crippen LogP contribution in [0.1, 0.15) is 10.4 Å². The standard InChI is InChI=1S/C18H15ClN4O3/c1-23-16(21-18(25)26)10-15(22-23)11-6-8-12(9-7-11)20-17(24)13-4-2-3-5-14(13)19/h2-10,21H,1H3,(H,20,24)(H,25,26). The van der Waals surface area contributed by atoms with E-state index >= 15 is 0 Å². The first-order valence-corrected chi connectivity index (χ1v) is 8.02. The molecule has 1 heterocycles. The number of carbonyl (C=O) groups excluding carboxylic acids is 1. The minimum atomic E-state index is -1.16. The number of aryl methyl sites for hydroxylation is 1. The molecule has 132 valence electrons. The number of carboxylic acid groups (broad SMARTS) is 1. The van der Waals surface area contributed by atoms with Crippen LogP contribution in [0.2, 0.25) is 5.02 Å². The largest absolute Gasteiger partial charge is 0.465 e. The molecule has 0 aliphatic rings. The van der Waals surface area contributed by atoms with Crippen molar-refractivity contribution in [1.82, 2.24) is 9.78 Å². The molecular weight excluding hydrogens is 356 g/mol. The summed E-state index contributed by atoms with van der Waals surface area (Å²) in [6.45, 7) is 0. The SMILES string of the molecule is Cn1nc(-c2ccc(NC(=O)c3ccccc3Cl)cc2)cc1NC(=O)O. The molecular formula is C18H15ClN4O3. The van der Waals surface area contributed by atoms with Gasteiger partial charge in [0.25, 0.3) is 5.91 Å². The number of nitrogens with zero attached hydrogens (tertiary/aromatic N) is 2. The number of hydrogen-bond donors (Lipinski definition) is 3. The van der Waals surface area contributed by atoms with Crippen molar-refractivity contribution in [2.24, 2.45) is 7.05 Å². The zero-order valence-corrected chi connectivity index (χ0v) is 14.5. The van der Waals surface area contributed by atoms with Gasteiger partial charge in [-0.25, -0.2) is 4.79 Å². The Morgan fingerprint density at radius 1 is 1.08 bits per heavy atom. The monoisotopic (exact) mass is 370 g/mol. The number of nitrogens with one attached hydrogen (secondary N) is 2. The van der Waals surface area contributed by atoms with Crippen LogP contribution in [0, 0.1) is 0 Å². The van der Waals surface area contributed by atoms with Crippen LogP contribution in [0.25, 0.3) is 11.3 Å². The molecule has 1 aromatic heterocycles. The molecule has 3 rings (SSSR count). The Morgan fingerprint density at radius 3 is 2.42 bits per heavy atom. The van der Waals surface area contributed by atoms with Gasteiger partial charge in [0.1, 0.15) is 5.82 Å².